The predicted molar refractivity (Wildman–Crippen MR) is 81.2 cm³/mol. The molecule has 22 heavy (non-hydrogen) atoms. The van der Waals surface area contributed by atoms with Crippen molar-refractivity contribution in [2.75, 3.05) is 19.8 Å². The second kappa shape index (κ2) is 6.70. The fourth-order valence-electron chi connectivity index (χ4n) is 2.67. The Morgan fingerprint density at radius 1 is 1.50 bits per heavy atom. The third-order valence-electron chi connectivity index (χ3n) is 3.84. The van der Waals surface area contributed by atoms with E-state index in [2.05, 4.69) is 15.0 Å². The monoisotopic (exact) mass is 300 g/mol. The predicted octanol–water partition coefficient (Wildman–Crippen LogP) is 1.65. The number of carbonyl (C=O) groups is 1. The van der Waals surface area contributed by atoms with Gasteiger partial charge in [-0.25, -0.2) is 4.98 Å². The van der Waals surface area contributed by atoms with Crippen LogP contribution in [-0.2, 0) is 16.0 Å². The molecule has 0 aromatic carbocycles. The first-order valence-corrected chi connectivity index (χ1v) is 7.51. The molecule has 1 unspecified atom stereocenters. The number of aromatic nitrogens is 3. The summed E-state index contributed by atoms with van der Waals surface area (Å²) < 4.78 is 5.53. The summed E-state index contributed by atoms with van der Waals surface area (Å²) >= 11 is 0. The van der Waals surface area contributed by atoms with Crippen LogP contribution in [0, 0.1) is 6.92 Å². The molecule has 1 aliphatic rings. The van der Waals surface area contributed by atoms with Gasteiger partial charge in [0.1, 0.15) is 11.9 Å². The van der Waals surface area contributed by atoms with Gasteiger partial charge < -0.3 is 14.6 Å². The zero-order valence-electron chi connectivity index (χ0n) is 12.7. The van der Waals surface area contributed by atoms with Crippen LogP contribution in [0.2, 0.25) is 0 Å². The molecule has 116 valence electrons. The molecular formula is C16H20N4O2. The van der Waals surface area contributed by atoms with Crippen molar-refractivity contribution in [1.29, 1.82) is 0 Å². The van der Waals surface area contributed by atoms with Crippen LogP contribution in [0.5, 0.6) is 0 Å². The minimum atomic E-state index is -0.121. The van der Waals surface area contributed by atoms with Gasteiger partial charge in [-0.2, -0.15) is 0 Å². The van der Waals surface area contributed by atoms with Crippen molar-refractivity contribution in [2.24, 2.45) is 0 Å². The first-order chi connectivity index (χ1) is 10.7. The molecule has 3 rings (SSSR count). The lowest BCUT2D eigenvalue weighted by Crippen LogP contribution is -2.44. The number of nitrogens with zero attached hydrogens (tertiary/aromatic N) is 3. The highest BCUT2D eigenvalue weighted by Crippen LogP contribution is 2.23. The van der Waals surface area contributed by atoms with E-state index >= 15 is 0 Å². The number of ether oxygens (including phenoxy) is 1. The molecule has 1 saturated heterocycles. The molecule has 0 saturated carbocycles. The molecule has 1 atom stereocenters. The van der Waals surface area contributed by atoms with Crippen molar-refractivity contribution in [1.82, 2.24) is 19.9 Å². The maximum atomic E-state index is 12.6. The molecule has 0 aliphatic carbocycles. The van der Waals surface area contributed by atoms with Crippen LogP contribution in [-0.4, -0.2) is 45.5 Å². The summed E-state index contributed by atoms with van der Waals surface area (Å²) in [5.41, 5.74) is 2.07. The van der Waals surface area contributed by atoms with Crippen LogP contribution >= 0.6 is 0 Å². The van der Waals surface area contributed by atoms with Crippen molar-refractivity contribution in [3.63, 3.8) is 0 Å². The van der Waals surface area contributed by atoms with E-state index in [1.54, 1.807) is 18.6 Å². The number of hydrogen-bond donors (Lipinski definition) is 1. The standard InChI is InChI=1S/C16H20N4O2/c1-12-9-18-16(19-12)14-11-22-8-7-20(14)15(21)5-4-13-3-2-6-17-10-13/h2-3,6,9-10,14H,4-5,7-8,11H2,1H3,(H,18,19). The first-order valence-electron chi connectivity index (χ1n) is 7.51. The average Bonchev–Trinajstić information content (AvgIpc) is 3.00. The number of aromatic amines is 1. The lowest BCUT2D eigenvalue weighted by molar-refractivity contribution is -0.140. The van der Waals surface area contributed by atoms with Gasteiger partial charge in [0.25, 0.3) is 0 Å². The van der Waals surface area contributed by atoms with Gasteiger partial charge in [-0.15, -0.1) is 0 Å². The van der Waals surface area contributed by atoms with E-state index < -0.39 is 0 Å². The summed E-state index contributed by atoms with van der Waals surface area (Å²) in [6.07, 6.45) is 6.50. The van der Waals surface area contributed by atoms with E-state index in [0.29, 0.717) is 32.6 Å². The number of amides is 1. The number of imidazole rings is 1. The zero-order chi connectivity index (χ0) is 15.4. The lowest BCUT2D eigenvalue weighted by Gasteiger charge is -2.34. The fraction of sp³-hybridized carbons (Fsp3) is 0.438. The quantitative estimate of drug-likeness (QED) is 0.932. The number of morpholine rings is 1. The maximum Gasteiger partial charge on any atom is 0.223 e. The molecule has 6 heteroatoms. The van der Waals surface area contributed by atoms with Crippen LogP contribution in [0.1, 0.15) is 29.5 Å². The minimum absolute atomic E-state index is 0.121. The van der Waals surface area contributed by atoms with Gasteiger partial charge in [0, 0.05) is 37.3 Å². The zero-order valence-corrected chi connectivity index (χ0v) is 12.7. The second-order valence-corrected chi connectivity index (χ2v) is 5.49. The van der Waals surface area contributed by atoms with E-state index in [1.165, 1.54) is 0 Å². The number of nitrogens with one attached hydrogen (secondary N) is 1. The third kappa shape index (κ3) is 3.33. The molecule has 0 bridgehead atoms. The largest absolute Gasteiger partial charge is 0.377 e. The second-order valence-electron chi connectivity index (χ2n) is 5.49. The van der Waals surface area contributed by atoms with Crippen LogP contribution in [0.4, 0.5) is 0 Å². The van der Waals surface area contributed by atoms with Crippen molar-refractivity contribution >= 4 is 5.91 Å². The van der Waals surface area contributed by atoms with Crippen LogP contribution in [0.15, 0.2) is 30.7 Å². The Balaban J connectivity index is 1.66. The smallest absolute Gasteiger partial charge is 0.223 e. The molecule has 1 N–H and O–H groups in total. The van der Waals surface area contributed by atoms with Gasteiger partial charge in [-0.3, -0.25) is 9.78 Å². The van der Waals surface area contributed by atoms with Crippen molar-refractivity contribution in [3.05, 3.63) is 47.8 Å². The number of H-pyrrole nitrogens is 1. The van der Waals surface area contributed by atoms with Crippen LogP contribution in [0.25, 0.3) is 0 Å². The van der Waals surface area contributed by atoms with E-state index in [9.17, 15) is 4.79 Å². The van der Waals surface area contributed by atoms with Gasteiger partial charge in [0.2, 0.25) is 5.91 Å². The van der Waals surface area contributed by atoms with Crippen molar-refractivity contribution in [2.45, 2.75) is 25.8 Å². The topological polar surface area (TPSA) is 71.1 Å². The van der Waals surface area contributed by atoms with E-state index in [0.717, 1.165) is 17.1 Å². The highest BCUT2D eigenvalue weighted by Gasteiger charge is 2.30. The Morgan fingerprint density at radius 3 is 3.14 bits per heavy atom. The average molecular weight is 300 g/mol. The molecule has 0 radical (unpaired) electrons. The van der Waals surface area contributed by atoms with Gasteiger partial charge >= 0.3 is 0 Å². The van der Waals surface area contributed by atoms with Gasteiger partial charge in [0.15, 0.2) is 0 Å². The Kier molecular flexibility index (Phi) is 4.48. The Labute approximate surface area is 129 Å². The number of rotatable bonds is 4. The van der Waals surface area contributed by atoms with Crippen molar-refractivity contribution < 1.29 is 9.53 Å². The summed E-state index contributed by atoms with van der Waals surface area (Å²) in [4.78, 5) is 26.1. The van der Waals surface area contributed by atoms with E-state index in [4.69, 9.17) is 4.74 Å². The normalized spacial score (nSPS) is 18.4. The highest BCUT2D eigenvalue weighted by atomic mass is 16.5. The van der Waals surface area contributed by atoms with Crippen LogP contribution in [0.3, 0.4) is 0 Å². The van der Waals surface area contributed by atoms with Gasteiger partial charge in [0.05, 0.1) is 13.2 Å². The molecular weight excluding hydrogens is 280 g/mol. The van der Waals surface area contributed by atoms with E-state index in [1.807, 2.05) is 24.0 Å². The Bertz CT molecular complexity index is 626. The number of hydrogen-bond acceptors (Lipinski definition) is 4. The fourth-order valence-corrected chi connectivity index (χ4v) is 2.67. The van der Waals surface area contributed by atoms with Crippen molar-refractivity contribution in [3.8, 4) is 0 Å². The molecule has 1 amide bonds. The summed E-state index contributed by atoms with van der Waals surface area (Å²) in [5.74, 6) is 0.929. The first kappa shape index (κ1) is 14.7. The number of pyridine rings is 1. The summed E-state index contributed by atoms with van der Waals surface area (Å²) in [7, 11) is 0. The maximum absolute atomic E-state index is 12.6. The molecule has 1 fully saturated rings. The lowest BCUT2D eigenvalue weighted by atomic mass is 10.1. The van der Waals surface area contributed by atoms with E-state index in [-0.39, 0.29) is 11.9 Å². The molecule has 6 nitrogen and oxygen atoms in total. The van der Waals surface area contributed by atoms with Gasteiger partial charge in [-0.05, 0) is 25.0 Å². The van der Waals surface area contributed by atoms with Gasteiger partial charge in [-0.1, -0.05) is 6.07 Å². The van der Waals surface area contributed by atoms with Crippen LogP contribution < -0.4 is 0 Å². The molecule has 1 aliphatic heterocycles. The molecule has 2 aromatic rings. The number of carbonyl (C=O) groups excluding carboxylic acids is 1. The molecule has 0 spiro atoms. The number of aryl methyl sites for hydroxylation is 2. The Morgan fingerprint density at radius 2 is 2.41 bits per heavy atom. The highest BCUT2D eigenvalue weighted by molar-refractivity contribution is 5.77. The Hall–Kier alpha value is -2.21. The summed E-state index contributed by atoms with van der Waals surface area (Å²) in [5, 5.41) is 0. The SMILES string of the molecule is Cc1cnc(C2COCCN2C(=O)CCc2cccnc2)[nH]1. The molecule has 3 heterocycles. The summed E-state index contributed by atoms with van der Waals surface area (Å²) in [6.45, 7) is 3.63. The molecule has 2 aromatic heterocycles. The summed E-state index contributed by atoms with van der Waals surface area (Å²) in [6, 6.07) is 3.76. The minimum Gasteiger partial charge on any atom is -0.377 e. The third-order valence-corrected chi connectivity index (χ3v) is 3.84.